The van der Waals surface area contributed by atoms with Crippen molar-refractivity contribution in [1.29, 1.82) is 0 Å². The molecule has 0 aromatic heterocycles. The first-order valence-electron chi connectivity index (χ1n) is 8.50. The van der Waals surface area contributed by atoms with Crippen LogP contribution >= 0.6 is 0 Å². The maximum absolute atomic E-state index is 12.8. The molecule has 27 heavy (non-hydrogen) atoms. The van der Waals surface area contributed by atoms with Gasteiger partial charge < -0.3 is 15.4 Å². The molecule has 3 aromatic carbocycles. The third kappa shape index (κ3) is 3.98. The minimum absolute atomic E-state index is 0.259. The van der Waals surface area contributed by atoms with E-state index in [2.05, 4.69) is 10.6 Å². The zero-order valence-corrected chi connectivity index (χ0v) is 15.2. The van der Waals surface area contributed by atoms with Gasteiger partial charge in [-0.25, -0.2) is 0 Å². The molecule has 0 saturated heterocycles. The first-order chi connectivity index (χ1) is 13.1. The summed E-state index contributed by atoms with van der Waals surface area (Å²) in [4.78, 5) is 24.8. The largest absolute Gasteiger partial charge is 0.496 e. The number of carbonyl (C=O) groups is 2. The van der Waals surface area contributed by atoms with E-state index >= 15 is 0 Å². The van der Waals surface area contributed by atoms with E-state index in [1.54, 1.807) is 56.6 Å². The normalized spacial score (nSPS) is 10.1. The van der Waals surface area contributed by atoms with E-state index in [9.17, 15) is 9.59 Å². The van der Waals surface area contributed by atoms with E-state index in [1.165, 1.54) is 0 Å². The highest BCUT2D eigenvalue weighted by molar-refractivity contribution is 6.09. The number of hydrogen-bond donors (Lipinski definition) is 2. The summed E-state index contributed by atoms with van der Waals surface area (Å²) >= 11 is 0. The lowest BCUT2D eigenvalue weighted by molar-refractivity contribution is 0.0964. The molecule has 0 aliphatic rings. The molecule has 136 valence electrons. The van der Waals surface area contributed by atoms with Crippen LogP contribution in [0.3, 0.4) is 0 Å². The third-order valence-corrected chi connectivity index (χ3v) is 4.19. The third-order valence-electron chi connectivity index (χ3n) is 4.19. The summed E-state index contributed by atoms with van der Waals surface area (Å²) in [5.41, 5.74) is 3.12. The Morgan fingerprint density at radius 2 is 1.56 bits per heavy atom. The Hall–Kier alpha value is -3.60. The number of rotatable bonds is 5. The van der Waals surface area contributed by atoms with Crippen LogP contribution in [0.1, 0.15) is 20.7 Å². The molecular weight excluding hydrogens is 340 g/mol. The summed E-state index contributed by atoms with van der Waals surface area (Å²) in [5, 5.41) is 5.39. The number of ether oxygens (including phenoxy) is 1. The van der Waals surface area contributed by atoms with Crippen LogP contribution in [0.4, 0.5) is 5.69 Å². The number of para-hydroxylation sites is 1. The van der Waals surface area contributed by atoms with E-state index in [4.69, 9.17) is 4.74 Å². The lowest BCUT2D eigenvalue weighted by Crippen LogP contribution is -2.21. The minimum atomic E-state index is -0.300. The fraction of sp³-hybridized carbons (Fsp3) is 0.0909. The lowest BCUT2D eigenvalue weighted by Gasteiger charge is -2.13. The van der Waals surface area contributed by atoms with Gasteiger partial charge in [0, 0.05) is 18.2 Å². The van der Waals surface area contributed by atoms with E-state index in [0.717, 1.165) is 11.1 Å². The first-order valence-corrected chi connectivity index (χ1v) is 8.50. The average Bonchev–Trinajstić information content (AvgIpc) is 2.73. The fourth-order valence-corrected chi connectivity index (χ4v) is 2.81. The summed E-state index contributed by atoms with van der Waals surface area (Å²) in [7, 11) is 3.15. The van der Waals surface area contributed by atoms with Crippen LogP contribution in [0.2, 0.25) is 0 Å². The highest BCUT2D eigenvalue weighted by Crippen LogP contribution is 2.31. The van der Waals surface area contributed by atoms with Crippen molar-refractivity contribution in [1.82, 2.24) is 5.32 Å². The van der Waals surface area contributed by atoms with Crippen LogP contribution < -0.4 is 15.4 Å². The highest BCUT2D eigenvalue weighted by atomic mass is 16.5. The molecule has 3 aromatic rings. The van der Waals surface area contributed by atoms with Crippen LogP contribution in [0.15, 0.2) is 72.8 Å². The summed E-state index contributed by atoms with van der Waals surface area (Å²) in [6.45, 7) is 0. The average molecular weight is 360 g/mol. The molecule has 0 saturated carbocycles. The lowest BCUT2D eigenvalue weighted by atomic mass is 10.0. The minimum Gasteiger partial charge on any atom is -0.496 e. The molecule has 3 rings (SSSR count). The van der Waals surface area contributed by atoms with Gasteiger partial charge in [-0.15, -0.1) is 0 Å². The van der Waals surface area contributed by atoms with Gasteiger partial charge >= 0.3 is 0 Å². The molecule has 5 nitrogen and oxygen atoms in total. The molecule has 0 aliphatic carbocycles. The van der Waals surface area contributed by atoms with Crippen molar-refractivity contribution in [2.24, 2.45) is 0 Å². The summed E-state index contributed by atoms with van der Waals surface area (Å²) < 4.78 is 5.43. The highest BCUT2D eigenvalue weighted by Gasteiger charge is 2.15. The van der Waals surface area contributed by atoms with E-state index in [1.807, 2.05) is 30.3 Å². The van der Waals surface area contributed by atoms with Crippen molar-refractivity contribution in [3.05, 3.63) is 83.9 Å². The molecule has 0 radical (unpaired) electrons. The second-order valence-corrected chi connectivity index (χ2v) is 5.86. The summed E-state index contributed by atoms with van der Waals surface area (Å²) in [6.07, 6.45) is 0. The predicted octanol–water partition coefficient (Wildman–Crippen LogP) is 3.97. The SMILES string of the molecule is CNC(=O)c1ccccc1NC(=O)c1ccc(OC)c(-c2ccccc2)c1. The van der Waals surface area contributed by atoms with Crippen LogP contribution in [0.5, 0.6) is 5.75 Å². The van der Waals surface area contributed by atoms with Gasteiger partial charge in [-0.05, 0) is 35.9 Å². The molecule has 0 spiro atoms. The molecule has 5 heteroatoms. The molecule has 0 bridgehead atoms. The predicted molar refractivity (Wildman–Crippen MR) is 106 cm³/mol. The number of amides is 2. The van der Waals surface area contributed by atoms with E-state index in [0.29, 0.717) is 22.6 Å². The molecular formula is C22H20N2O3. The Morgan fingerprint density at radius 1 is 0.852 bits per heavy atom. The molecule has 2 amide bonds. The number of carbonyl (C=O) groups excluding carboxylic acids is 2. The van der Waals surface area contributed by atoms with Crippen LogP contribution in [-0.2, 0) is 0 Å². The zero-order valence-electron chi connectivity index (χ0n) is 15.2. The van der Waals surface area contributed by atoms with Crippen molar-refractivity contribution in [2.45, 2.75) is 0 Å². The Morgan fingerprint density at radius 3 is 2.26 bits per heavy atom. The van der Waals surface area contributed by atoms with Crippen LogP contribution in [0.25, 0.3) is 11.1 Å². The fourth-order valence-electron chi connectivity index (χ4n) is 2.81. The van der Waals surface area contributed by atoms with Crippen molar-refractivity contribution in [3.63, 3.8) is 0 Å². The van der Waals surface area contributed by atoms with Gasteiger partial charge in [-0.1, -0.05) is 42.5 Å². The number of benzene rings is 3. The van der Waals surface area contributed by atoms with Gasteiger partial charge in [0.2, 0.25) is 0 Å². The topological polar surface area (TPSA) is 67.4 Å². The molecule has 0 aliphatic heterocycles. The van der Waals surface area contributed by atoms with Crippen LogP contribution in [-0.4, -0.2) is 26.0 Å². The number of anilines is 1. The first kappa shape index (κ1) is 18.2. The van der Waals surface area contributed by atoms with Crippen molar-refractivity contribution in [3.8, 4) is 16.9 Å². The van der Waals surface area contributed by atoms with Gasteiger partial charge in [0.15, 0.2) is 0 Å². The zero-order chi connectivity index (χ0) is 19.2. The second-order valence-electron chi connectivity index (χ2n) is 5.86. The molecule has 2 N–H and O–H groups in total. The van der Waals surface area contributed by atoms with E-state index < -0.39 is 0 Å². The standard InChI is InChI=1S/C22H20N2O3/c1-23-22(26)17-10-6-7-11-19(17)24-21(25)16-12-13-20(27-2)18(14-16)15-8-4-3-5-9-15/h3-14H,1-2H3,(H,23,26)(H,24,25). The molecule has 0 atom stereocenters. The monoisotopic (exact) mass is 360 g/mol. The Bertz CT molecular complexity index is 968. The number of nitrogens with one attached hydrogen (secondary N) is 2. The summed E-state index contributed by atoms with van der Waals surface area (Å²) in [5.74, 6) is 0.125. The van der Waals surface area contributed by atoms with Gasteiger partial charge in [0.25, 0.3) is 11.8 Å². The van der Waals surface area contributed by atoms with Crippen molar-refractivity contribution < 1.29 is 14.3 Å². The Labute approximate surface area is 158 Å². The van der Waals surface area contributed by atoms with Gasteiger partial charge in [-0.2, -0.15) is 0 Å². The van der Waals surface area contributed by atoms with Gasteiger partial charge in [-0.3, -0.25) is 9.59 Å². The van der Waals surface area contributed by atoms with Gasteiger partial charge in [0.05, 0.1) is 18.4 Å². The van der Waals surface area contributed by atoms with E-state index in [-0.39, 0.29) is 11.8 Å². The second kappa shape index (κ2) is 8.19. The summed E-state index contributed by atoms with van der Waals surface area (Å²) in [6, 6.07) is 21.8. The smallest absolute Gasteiger partial charge is 0.255 e. The maximum Gasteiger partial charge on any atom is 0.255 e. The van der Waals surface area contributed by atoms with Gasteiger partial charge in [0.1, 0.15) is 5.75 Å². The Kier molecular flexibility index (Phi) is 5.52. The van der Waals surface area contributed by atoms with Crippen LogP contribution in [0, 0.1) is 0 Å². The molecule has 0 fully saturated rings. The molecule has 0 unspecified atom stereocenters. The van der Waals surface area contributed by atoms with Crippen molar-refractivity contribution >= 4 is 17.5 Å². The molecule has 0 heterocycles. The van der Waals surface area contributed by atoms with Crippen molar-refractivity contribution in [2.75, 3.05) is 19.5 Å². The number of hydrogen-bond acceptors (Lipinski definition) is 3. The quantitative estimate of drug-likeness (QED) is 0.723. The maximum atomic E-state index is 12.8. The number of methoxy groups -OCH3 is 1. The Balaban J connectivity index is 1.94.